The number of azo groups is 1. The first-order valence-electron chi connectivity index (χ1n) is 9.28. The predicted octanol–water partition coefficient (Wildman–Crippen LogP) is 4.75. The molecule has 0 aliphatic carbocycles. The second kappa shape index (κ2) is 8.41. The first-order valence-corrected chi connectivity index (χ1v) is 10.1. The van der Waals surface area contributed by atoms with Gasteiger partial charge in [0.25, 0.3) is 0 Å². The maximum absolute atomic E-state index is 11.5. The number of fused-ring (bicyclic) bond motifs is 1. The van der Waals surface area contributed by atoms with Crippen molar-refractivity contribution in [2.75, 3.05) is 0 Å². The van der Waals surface area contributed by atoms with Crippen LogP contribution in [0.5, 0.6) is 0 Å². The van der Waals surface area contributed by atoms with Gasteiger partial charge >= 0.3 is 5.97 Å². The molecular weight excluding hydrogens is 414 g/mol. The number of hydrogen-bond acceptors (Lipinski definition) is 7. The zero-order valence-electron chi connectivity index (χ0n) is 16.4. The van der Waals surface area contributed by atoms with Crippen LogP contribution in [0, 0.1) is 6.92 Å². The summed E-state index contributed by atoms with van der Waals surface area (Å²) in [6.45, 7) is 2.26. The van der Waals surface area contributed by atoms with Gasteiger partial charge < -0.3 is 10.8 Å². The summed E-state index contributed by atoms with van der Waals surface area (Å²) in [4.78, 5) is 32.1. The summed E-state index contributed by atoms with van der Waals surface area (Å²) < 4.78 is 0.796. The topological polar surface area (TPSA) is 131 Å². The Morgan fingerprint density at radius 3 is 2.58 bits per heavy atom. The van der Waals surface area contributed by atoms with Crippen LogP contribution in [0.2, 0.25) is 0 Å². The fourth-order valence-electron chi connectivity index (χ4n) is 3.11. The summed E-state index contributed by atoms with van der Waals surface area (Å²) in [5.74, 6) is -0.995. The Hall–Kier alpha value is -3.98. The first kappa shape index (κ1) is 20.3. The number of aromatic carboxylic acids is 1. The van der Waals surface area contributed by atoms with E-state index in [9.17, 15) is 9.59 Å². The number of aromatic nitrogens is 2. The second-order valence-electron chi connectivity index (χ2n) is 6.78. The molecule has 154 valence electrons. The molecule has 2 heterocycles. The number of amides is 1. The number of thiophene rings is 1. The molecule has 8 nitrogen and oxygen atoms in total. The maximum Gasteiger partial charge on any atom is 0.335 e. The molecular formula is C22H17N5O3S. The van der Waals surface area contributed by atoms with Crippen LogP contribution in [0.1, 0.15) is 31.8 Å². The van der Waals surface area contributed by atoms with Crippen molar-refractivity contribution in [1.82, 2.24) is 9.97 Å². The fourth-order valence-corrected chi connectivity index (χ4v) is 4.29. The van der Waals surface area contributed by atoms with Gasteiger partial charge in [0.2, 0.25) is 5.91 Å². The normalized spacial score (nSPS) is 11.3. The maximum atomic E-state index is 11.5. The molecule has 0 atom stereocenters. The predicted molar refractivity (Wildman–Crippen MR) is 118 cm³/mol. The lowest BCUT2D eigenvalue weighted by atomic mass is 10.1. The quantitative estimate of drug-likeness (QED) is 0.425. The third kappa shape index (κ3) is 4.17. The minimum Gasteiger partial charge on any atom is -0.478 e. The molecule has 0 fully saturated rings. The van der Waals surface area contributed by atoms with E-state index in [0.29, 0.717) is 17.9 Å². The fraction of sp³-hybridized carbons (Fsp3) is 0.0909. The highest BCUT2D eigenvalue weighted by molar-refractivity contribution is 7.23. The summed E-state index contributed by atoms with van der Waals surface area (Å²) in [7, 11) is 0. The van der Waals surface area contributed by atoms with E-state index in [-0.39, 0.29) is 5.56 Å². The van der Waals surface area contributed by atoms with Gasteiger partial charge in [0.05, 0.1) is 17.6 Å². The van der Waals surface area contributed by atoms with Crippen LogP contribution in [0.3, 0.4) is 0 Å². The third-order valence-corrected chi connectivity index (χ3v) is 6.04. The minimum atomic E-state index is -0.971. The van der Waals surface area contributed by atoms with Gasteiger partial charge in [-0.1, -0.05) is 24.3 Å². The Bertz CT molecular complexity index is 1330. The van der Waals surface area contributed by atoms with Crippen LogP contribution >= 0.6 is 11.3 Å². The van der Waals surface area contributed by atoms with Gasteiger partial charge in [-0.05, 0) is 47.9 Å². The van der Waals surface area contributed by atoms with E-state index in [4.69, 9.17) is 10.8 Å². The van der Waals surface area contributed by atoms with Crippen LogP contribution in [0.15, 0.2) is 65.1 Å². The average molecular weight is 431 g/mol. The number of rotatable bonds is 6. The average Bonchev–Trinajstić information content (AvgIpc) is 3.11. The van der Waals surface area contributed by atoms with Crippen LogP contribution in [-0.4, -0.2) is 27.0 Å². The van der Waals surface area contributed by atoms with Gasteiger partial charge in [-0.3, -0.25) is 4.79 Å². The molecule has 4 rings (SSSR count). The number of carbonyl (C=O) groups is 2. The summed E-state index contributed by atoms with van der Waals surface area (Å²) in [5, 5.41) is 17.5. The van der Waals surface area contributed by atoms with Crippen molar-refractivity contribution < 1.29 is 14.7 Å². The molecule has 0 bridgehead atoms. The second-order valence-corrected chi connectivity index (χ2v) is 7.80. The monoisotopic (exact) mass is 431 g/mol. The van der Waals surface area contributed by atoms with E-state index < -0.39 is 11.9 Å². The number of aryl methyl sites for hydroxylation is 1. The lowest BCUT2D eigenvalue weighted by Crippen LogP contribution is -2.10. The van der Waals surface area contributed by atoms with E-state index in [0.717, 1.165) is 31.8 Å². The third-order valence-electron chi connectivity index (χ3n) is 4.71. The van der Waals surface area contributed by atoms with Gasteiger partial charge in [0.15, 0.2) is 5.82 Å². The summed E-state index contributed by atoms with van der Waals surface area (Å²) in [6.07, 6.45) is 1.45. The standard InChI is InChI=1S/C22H17N5O3S/c1-12-17-19(31-18(12)15-3-2-4-16(9-15)20(23)28)21(25-11-24-17)27-26-10-13-5-7-14(8-6-13)22(29)30/h2-9,11H,10H2,1H3,(H2,23,28)(H,29,30). The van der Waals surface area contributed by atoms with Gasteiger partial charge in [-0.15, -0.1) is 16.5 Å². The number of nitrogens with two attached hydrogens (primary N) is 1. The summed E-state index contributed by atoms with van der Waals surface area (Å²) in [5.41, 5.74) is 9.52. The van der Waals surface area contributed by atoms with Crippen molar-refractivity contribution in [3.05, 3.63) is 77.1 Å². The molecule has 31 heavy (non-hydrogen) atoms. The van der Waals surface area contributed by atoms with Crippen LogP contribution in [0.4, 0.5) is 5.82 Å². The largest absolute Gasteiger partial charge is 0.478 e. The number of carboxylic acid groups (broad SMARTS) is 1. The Labute approximate surface area is 181 Å². The van der Waals surface area contributed by atoms with Crippen molar-refractivity contribution in [3.63, 3.8) is 0 Å². The van der Waals surface area contributed by atoms with Crippen molar-refractivity contribution >= 4 is 39.2 Å². The molecule has 2 aromatic heterocycles. The Balaban J connectivity index is 1.64. The van der Waals surface area contributed by atoms with Crippen molar-refractivity contribution in [3.8, 4) is 10.4 Å². The molecule has 0 aliphatic heterocycles. The van der Waals surface area contributed by atoms with Crippen molar-refractivity contribution in [2.45, 2.75) is 13.5 Å². The molecule has 2 aromatic carbocycles. The van der Waals surface area contributed by atoms with Crippen LogP contribution in [0.25, 0.3) is 20.7 Å². The van der Waals surface area contributed by atoms with E-state index >= 15 is 0 Å². The Morgan fingerprint density at radius 2 is 1.87 bits per heavy atom. The highest BCUT2D eigenvalue weighted by atomic mass is 32.1. The van der Waals surface area contributed by atoms with Gasteiger partial charge in [-0.2, -0.15) is 5.11 Å². The van der Waals surface area contributed by atoms with Crippen LogP contribution < -0.4 is 5.73 Å². The van der Waals surface area contributed by atoms with Gasteiger partial charge in [0.1, 0.15) is 11.0 Å². The molecule has 0 unspecified atom stereocenters. The molecule has 3 N–H and O–H groups in total. The molecule has 0 radical (unpaired) electrons. The number of nitrogens with zero attached hydrogens (tertiary/aromatic N) is 4. The van der Waals surface area contributed by atoms with E-state index in [1.165, 1.54) is 29.8 Å². The first-order chi connectivity index (χ1) is 14.9. The van der Waals surface area contributed by atoms with E-state index in [1.807, 2.05) is 13.0 Å². The Kier molecular flexibility index (Phi) is 5.50. The number of carboxylic acids is 1. The zero-order valence-corrected chi connectivity index (χ0v) is 17.3. The molecule has 4 aromatic rings. The molecule has 0 spiro atoms. The summed E-state index contributed by atoms with van der Waals surface area (Å²) >= 11 is 1.48. The number of carbonyl (C=O) groups excluding carboxylic acids is 1. The zero-order chi connectivity index (χ0) is 22.0. The van der Waals surface area contributed by atoms with Gasteiger partial charge in [0, 0.05) is 10.4 Å². The molecule has 0 saturated carbocycles. The smallest absolute Gasteiger partial charge is 0.335 e. The SMILES string of the molecule is Cc1c(-c2cccc(C(N)=O)c2)sc2c(N=NCc3ccc(C(=O)O)cc3)ncnc12. The van der Waals surface area contributed by atoms with Crippen molar-refractivity contribution in [2.24, 2.45) is 16.0 Å². The molecule has 9 heteroatoms. The molecule has 1 amide bonds. The molecule has 0 saturated heterocycles. The number of hydrogen-bond donors (Lipinski definition) is 2. The highest BCUT2D eigenvalue weighted by Crippen LogP contribution is 2.40. The number of benzene rings is 2. The minimum absolute atomic E-state index is 0.222. The van der Waals surface area contributed by atoms with Crippen molar-refractivity contribution in [1.29, 1.82) is 0 Å². The van der Waals surface area contributed by atoms with Gasteiger partial charge in [-0.25, -0.2) is 14.8 Å². The number of primary amides is 1. The van der Waals surface area contributed by atoms with E-state index in [2.05, 4.69) is 20.2 Å². The lowest BCUT2D eigenvalue weighted by molar-refractivity contribution is 0.0696. The molecule has 0 aliphatic rings. The van der Waals surface area contributed by atoms with E-state index in [1.54, 1.807) is 30.3 Å². The summed E-state index contributed by atoms with van der Waals surface area (Å²) in [6, 6.07) is 13.6. The Morgan fingerprint density at radius 1 is 1.10 bits per heavy atom. The lowest BCUT2D eigenvalue weighted by Gasteiger charge is -2.01. The van der Waals surface area contributed by atoms with Crippen LogP contribution in [-0.2, 0) is 6.54 Å². The highest BCUT2D eigenvalue weighted by Gasteiger charge is 2.16.